The Bertz CT molecular complexity index is 418. The minimum absolute atomic E-state index is 0.0354. The Hall–Kier alpha value is -1.69. The average Bonchev–Trinajstić information content (AvgIpc) is 2.78. The van der Waals surface area contributed by atoms with Crippen LogP contribution in [0.15, 0.2) is 18.2 Å². The van der Waals surface area contributed by atoms with Crippen LogP contribution in [-0.2, 0) is 4.74 Å². The van der Waals surface area contributed by atoms with Gasteiger partial charge in [0.15, 0.2) is 0 Å². The van der Waals surface area contributed by atoms with Crippen molar-refractivity contribution >= 4 is 5.69 Å². The summed E-state index contributed by atoms with van der Waals surface area (Å²) in [7, 11) is 0. The third-order valence-electron chi connectivity index (χ3n) is 2.58. The van der Waals surface area contributed by atoms with Gasteiger partial charge in [-0.15, -0.1) is 0 Å². The standard InChI is InChI=1S/C11H12FNO4/c12-10-6-8(3-4-11(10)13(14)15)17-7-9-2-1-5-16-9/h3-4,6,9H,1-2,5,7H2. The van der Waals surface area contributed by atoms with E-state index >= 15 is 0 Å². The number of nitrogens with zero attached hydrogens (tertiary/aromatic N) is 1. The van der Waals surface area contributed by atoms with E-state index in [0.29, 0.717) is 6.61 Å². The second-order valence-corrected chi connectivity index (χ2v) is 3.82. The summed E-state index contributed by atoms with van der Waals surface area (Å²) in [5, 5.41) is 10.4. The number of benzene rings is 1. The number of nitro benzene ring substituents is 1. The second kappa shape index (κ2) is 5.09. The summed E-state index contributed by atoms with van der Waals surface area (Å²) in [6.45, 7) is 1.07. The number of rotatable bonds is 4. The van der Waals surface area contributed by atoms with Gasteiger partial charge in [0.1, 0.15) is 12.4 Å². The van der Waals surface area contributed by atoms with Crippen LogP contribution in [0.3, 0.4) is 0 Å². The highest BCUT2D eigenvalue weighted by molar-refractivity contribution is 5.37. The summed E-state index contributed by atoms with van der Waals surface area (Å²) < 4.78 is 23.9. The molecule has 1 aromatic carbocycles. The van der Waals surface area contributed by atoms with Crippen LogP contribution in [0.1, 0.15) is 12.8 Å². The molecule has 0 saturated carbocycles. The lowest BCUT2D eigenvalue weighted by Crippen LogP contribution is -2.16. The molecule has 1 unspecified atom stereocenters. The van der Waals surface area contributed by atoms with E-state index in [2.05, 4.69) is 0 Å². The van der Waals surface area contributed by atoms with Gasteiger partial charge in [-0.1, -0.05) is 0 Å². The van der Waals surface area contributed by atoms with Crippen LogP contribution in [0.2, 0.25) is 0 Å². The lowest BCUT2D eigenvalue weighted by Gasteiger charge is -2.11. The van der Waals surface area contributed by atoms with Crippen molar-refractivity contribution in [2.24, 2.45) is 0 Å². The van der Waals surface area contributed by atoms with Crippen molar-refractivity contribution in [2.75, 3.05) is 13.2 Å². The zero-order valence-corrected chi connectivity index (χ0v) is 9.10. The van der Waals surface area contributed by atoms with E-state index in [1.807, 2.05) is 0 Å². The third kappa shape index (κ3) is 2.91. The van der Waals surface area contributed by atoms with Crippen LogP contribution in [0.25, 0.3) is 0 Å². The molecule has 5 nitrogen and oxygen atoms in total. The largest absolute Gasteiger partial charge is 0.491 e. The van der Waals surface area contributed by atoms with Crippen molar-refractivity contribution in [3.8, 4) is 5.75 Å². The van der Waals surface area contributed by atoms with Crippen LogP contribution in [0, 0.1) is 15.9 Å². The average molecular weight is 241 g/mol. The fraction of sp³-hybridized carbons (Fsp3) is 0.455. The predicted molar refractivity (Wildman–Crippen MR) is 57.5 cm³/mol. The maximum Gasteiger partial charge on any atom is 0.305 e. The van der Waals surface area contributed by atoms with E-state index in [4.69, 9.17) is 9.47 Å². The number of hydrogen-bond acceptors (Lipinski definition) is 4. The van der Waals surface area contributed by atoms with Crippen LogP contribution in [0.4, 0.5) is 10.1 Å². The molecular formula is C11H12FNO4. The van der Waals surface area contributed by atoms with Crippen LogP contribution >= 0.6 is 0 Å². The summed E-state index contributed by atoms with van der Waals surface area (Å²) in [5.74, 6) is -0.608. The highest BCUT2D eigenvalue weighted by Gasteiger charge is 2.18. The van der Waals surface area contributed by atoms with E-state index in [9.17, 15) is 14.5 Å². The minimum Gasteiger partial charge on any atom is -0.491 e. The molecule has 1 heterocycles. The molecule has 1 aliphatic heterocycles. The van der Waals surface area contributed by atoms with Gasteiger partial charge in [0.25, 0.3) is 0 Å². The Balaban J connectivity index is 1.97. The summed E-state index contributed by atoms with van der Waals surface area (Å²) in [6.07, 6.45) is 1.96. The van der Waals surface area contributed by atoms with E-state index in [1.165, 1.54) is 6.07 Å². The first-order valence-electron chi connectivity index (χ1n) is 5.35. The van der Waals surface area contributed by atoms with Crippen molar-refractivity contribution in [2.45, 2.75) is 18.9 Å². The fourth-order valence-corrected chi connectivity index (χ4v) is 1.69. The van der Waals surface area contributed by atoms with E-state index < -0.39 is 16.4 Å². The molecule has 0 aromatic heterocycles. The summed E-state index contributed by atoms with van der Waals surface area (Å²) in [4.78, 5) is 9.64. The van der Waals surface area contributed by atoms with Gasteiger partial charge >= 0.3 is 5.69 Å². The van der Waals surface area contributed by atoms with E-state index in [1.54, 1.807) is 0 Å². The summed E-state index contributed by atoms with van der Waals surface area (Å²) >= 11 is 0. The highest BCUT2D eigenvalue weighted by atomic mass is 19.1. The Morgan fingerprint density at radius 3 is 3.00 bits per heavy atom. The quantitative estimate of drug-likeness (QED) is 0.599. The molecule has 1 atom stereocenters. The predicted octanol–water partition coefficient (Wildman–Crippen LogP) is 2.29. The minimum atomic E-state index is -0.889. The fourth-order valence-electron chi connectivity index (χ4n) is 1.69. The Morgan fingerprint density at radius 1 is 1.59 bits per heavy atom. The van der Waals surface area contributed by atoms with Crippen LogP contribution in [0.5, 0.6) is 5.75 Å². The van der Waals surface area contributed by atoms with Gasteiger partial charge < -0.3 is 9.47 Å². The first-order valence-corrected chi connectivity index (χ1v) is 5.35. The molecule has 0 radical (unpaired) electrons. The maximum atomic E-state index is 13.2. The number of hydrogen-bond donors (Lipinski definition) is 0. The molecule has 1 saturated heterocycles. The first-order chi connectivity index (χ1) is 8.16. The second-order valence-electron chi connectivity index (χ2n) is 3.82. The number of nitro groups is 1. The highest BCUT2D eigenvalue weighted by Crippen LogP contribution is 2.23. The third-order valence-corrected chi connectivity index (χ3v) is 2.58. The zero-order valence-electron chi connectivity index (χ0n) is 9.10. The van der Waals surface area contributed by atoms with Crippen LogP contribution < -0.4 is 4.74 Å². The van der Waals surface area contributed by atoms with Gasteiger partial charge in [-0.3, -0.25) is 10.1 Å². The normalized spacial score (nSPS) is 19.2. The molecule has 0 bridgehead atoms. The molecule has 2 rings (SSSR count). The molecular weight excluding hydrogens is 229 g/mol. The Morgan fingerprint density at radius 2 is 2.41 bits per heavy atom. The van der Waals surface area contributed by atoms with Crippen molar-refractivity contribution in [3.63, 3.8) is 0 Å². The molecule has 1 aliphatic rings. The summed E-state index contributed by atoms with van der Waals surface area (Å²) in [6, 6.07) is 3.50. The van der Waals surface area contributed by atoms with Crippen molar-refractivity contribution in [3.05, 3.63) is 34.1 Å². The summed E-state index contributed by atoms with van der Waals surface area (Å²) in [5.41, 5.74) is -0.547. The molecule has 0 aliphatic carbocycles. The van der Waals surface area contributed by atoms with Crippen LogP contribution in [-0.4, -0.2) is 24.2 Å². The molecule has 0 N–H and O–H groups in total. The zero-order chi connectivity index (χ0) is 12.3. The molecule has 6 heteroatoms. The number of halogens is 1. The van der Waals surface area contributed by atoms with Crippen molar-refractivity contribution in [1.82, 2.24) is 0 Å². The Kier molecular flexibility index (Phi) is 3.53. The van der Waals surface area contributed by atoms with Crippen molar-refractivity contribution < 1.29 is 18.8 Å². The van der Waals surface area contributed by atoms with E-state index in [-0.39, 0.29) is 11.9 Å². The molecule has 92 valence electrons. The topological polar surface area (TPSA) is 61.6 Å². The van der Waals surface area contributed by atoms with Crippen molar-refractivity contribution in [1.29, 1.82) is 0 Å². The number of ether oxygens (including phenoxy) is 2. The van der Waals surface area contributed by atoms with Gasteiger partial charge in [-0.2, -0.15) is 4.39 Å². The molecule has 0 spiro atoms. The lowest BCUT2D eigenvalue weighted by molar-refractivity contribution is -0.387. The van der Waals surface area contributed by atoms with Gasteiger partial charge in [-0.05, 0) is 18.9 Å². The Labute approximate surface area is 97.3 Å². The van der Waals surface area contributed by atoms with Gasteiger partial charge in [0.2, 0.25) is 5.82 Å². The monoisotopic (exact) mass is 241 g/mol. The smallest absolute Gasteiger partial charge is 0.305 e. The van der Waals surface area contributed by atoms with Gasteiger partial charge in [0, 0.05) is 18.7 Å². The van der Waals surface area contributed by atoms with Gasteiger partial charge in [0.05, 0.1) is 11.0 Å². The SMILES string of the molecule is O=[N+]([O-])c1ccc(OCC2CCCO2)cc1F. The molecule has 1 fully saturated rings. The molecule has 1 aromatic rings. The lowest BCUT2D eigenvalue weighted by atomic mass is 10.2. The molecule has 17 heavy (non-hydrogen) atoms. The maximum absolute atomic E-state index is 13.2. The first kappa shape index (κ1) is 11.8. The van der Waals surface area contributed by atoms with E-state index in [0.717, 1.165) is 31.6 Å². The van der Waals surface area contributed by atoms with Gasteiger partial charge in [-0.25, -0.2) is 0 Å². The molecule has 0 amide bonds.